The summed E-state index contributed by atoms with van der Waals surface area (Å²) in [4.78, 5) is 25.8. The van der Waals surface area contributed by atoms with Crippen molar-refractivity contribution in [1.29, 1.82) is 0 Å². The van der Waals surface area contributed by atoms with Gasteiger partial charge in [0.1, 0.15) is 5.82 Å². The molecule has 0 saturated carbocycles. The lowest BCUT2D eigenvalue weighted by Gasteiger charge is -2.34. The number of carbonyl (C=O) groups is 2. The van der Waals surface area contributed by atoms with Crippen LogP contribution in [0.3, 0.4) is 0 Å². The molecular formula is C18H18FN3O2. The Hall–Kier alpha value is -2.73. The Morgan fingerprint density at radius 2 is 1.79 bits per heavy atom. The molecular weight excluding hydrogens is 309 g/mol. The average molecular weight is 327 g/mol. The molecule has 2 amide bonds. The van der Waals surface area contributed by atoms with Crippen LogP contribution in [0, 0.1) is 5.82 Å². The van der Waals surface area contributed by atoms with Gasteiger partial charge in [0.15, 0.2) is 0 Å². The molecule has 5 nitrogen and oxygen atoms in total. The minimum absolute atomic E-state index is 0.0410. The van der Waals surface area contributed by atoms with Gasteiger partial charge in [-0.1, -0.05) is 24.3 Å². The Balaban J connectivity index is 1.71. The zero-order valence-corrected chi connectivity index (χ0v) is 13.0. The predicted octanol–water partition coefficient (Wildman–Crippen LogP) is 1.68. The fourth-order valence-electron chi connectivity index (χ4n) is 2.94. The first-order valence-electron chi connectivity index (χ1n) is 7.68. The normalized spacial score (nSPS) is 17.1. The van der Waals surface area contributed by atoms with Crippen molar-refractivity contribution in [3.63, 3.8) is 0 Å². The molecule has 2 aromatic carbocycles. The average Bonchev–Trinajstić information content (AvgIpc) is 2.56. The molecule has 124 valence electrons. The summed E-state index contributed by atoms with van der Waals surface area (Å²) in [5.41, 5.74) is 8.18. The van der Waals surface area contributed by atoms with Gasteiger partial charge in [0.05, 0.1) is 12.6 Å². The lowest BCUT2D eigenvalue weighted by molar-refractivity contribution is -0.125. The Morgan fingerprint density at radius 3 is 2.46 bits per heavy atom. The first-order chi connectivity index (χ1) is 11.5. The second-order valence-electron chi connectivity index (χ2n) is 5.85. The number of hydrogen-bond donors (Lipinski definition) is 2. The molecule has 0 unspecified atom stereocenters. The van der Waals surface area contributed by atoms with E-state index in [9.17, 15) is 14.0 Å². The maximum Gasteiger partial charge on any atom is 0.238 e. The van der Waals surface area contributed by atoms with Gasteiger partial charge < -0.3 is 11.1 Å². The number of primary amides is 1. The van der Waals surface area contributed by atoms with Crippen LogP contribution in [0.4, 0.5) is 10.1 Å². The molecule has 0 fully saturated rings. The highest BCUT2D eigenvalue weighted by Crippen LogP contribution is 2.23. The number of amides is 2. The van der Waals surface area contributed by atoms with Crippen LogP contribution < -0.4 is 11.1 Å². The Morgan fingerprint density at radius 1 is 1.12 bits per heavy atom. The fraction of sp³-hybridized carbons (Fsp3) is 0.222. The van der Waals surface area contributed by atoms with Crippen LogP contribution in [0.5, 0.6) is 0 Å². The number of benzene rings is 2. The van der Waals surface area contributed by atoms with E-state index in [4.69, 9.17) is 5.73 Å². The van der Waals surface area contributed by atoms with E-state index in [0.29, 0.717) is 18.7 Å². The number of rotatable bonds is 4. The molecule has 0 saturated heterocycles. The quantitative estimate of drug-likeness (QED) is 0.897. The summed E-state index contributed by atoms with van der Waals surface area (Å²) < 4.78 is 12.9. The van der Waals surface area contributed by atoms with Gasteiger partial charge in [-0.2, -0.15) is 0 Å². The Labute approximate surface area is 139 Å². The molecule has 0 radical (unpaired) electrons. The van der Waals surface area contributed by atoms with Crippen LogP contribution in [0.1, 0.15) is 11.1 Å². The van der Waals surface area contributed by atoms with Crippen molar-refractivity contribution < 1.29 is 14.0 Å². The number of fused-ring (bicyclic) bond motifs is 1. The van der Waals surface area contributed by atoms with Crippen LogP contribution in [-0.2, 0) is 22.6 Å². The first kappa shape index (κ1) is 16.1. The number of hydrogen-bond acceptors (Lipinski definition) is 3. The van der Waals surface area contributed by atoms with Gasteiger partial charge in [-0.3, -0.25) is 14.5 Å². The summed E-state index contributed by atoms with van der Waals surface area (Å²) in [5, 5.41) is 2.70. The topological polar surface area (TPSA) is 75.4 Å². The molecule has 0 aromatic heterocycles. The summed E-state index contributed by atoms with van der Waals surface area (Å²) in [5.74, 6) is -1.08. The van der Waals surface area contributed by atoms with Gasteiger partial charge in [0.2, 0.25) is 11.8 Å². The van der Waals surface area contributed by atoms with E-state index in [-0.39, 0.29) is 18.3 Å². The zero-order valence-electron chi connectivity index (χ0n) is 13.0. The molecule has 1 aliphatic heterocycles. The van der Waals surface area contributed by atoms with Crippen molar-refractivity contribution in [2.75, 3.05) is 11.9 Å². The van der Waals surface area contributed by atoms with Crippen molar-refractivity contribution in [2.45, 2.75) is 19.0 Å². The van der Waals surface area contributed by atoms with Crippen molar-refractivity contribution >= 4 is 17.5 Å². The third kappa shape index (κ3) is 3.60. The Kier molecular flexibility index (Phi) is 4.57. The monoisotopic (exact) mass is 327 g/mol. The number of nitrogens with one attached hydrogen (secondary N) is 1. The molecule has 3 N–H and O–H groups in total. The lowest BCUT2D eigenvalue weighted by atomic mass is 9.93. The smallest absolute Gasteiger partial charge is 0.238 e. The molecule has 0 spiro atoms. The molecule has 0 bridgehead atoms. The van der Waals surface area contributed by atoms with E-state index < -0.39 is 11.9 Å². The minimum atomic E-state index is -0.515. The van der Waals surface area contributed by atoms with E-state index in [1.165, 1.54) is 24.3 Å². The maximum absolute atomic E-state index is 12.9. The van der Waals surface area contributed by atoms with Gasteiger partial charge >= 0.3 is 0 Å². The van der Waals surface area contributed by atoms with E-state index >= 15 is 0 Å². The molecule has 1 atom stereocenters. The molecule has 2 aromatic rings. The van der Waals surface area contributed by atoms with Crippen LogP contribution in [0.2, 0.25) is 0 Å². The second-order valence-corrected chi connectivity index (χ2v) is 5.85. The summed E-state index contributed by atoms with van der Waals surface area (Å²) in [6, 6.07) is 12.8. The predicted molar refractivity (Wildman–Crippen MR) is 88.6 cm³/mol. The summed E-state index contributed by atoms with van der Waals surface area (Å²) in [6.45, 7) is 0.528. The molecule has 6 heteroatoms. The van der Waals surface area contributed by atoms with E-state index in [1.54, 1.807) is 4.90 Å². The minimum Gasteiger partial charge on any atom is -0.368 e. The number of halogens is 1. The zero-order chi connectivity index (χ0) is 17.1. The number of carbonyl (C=O) groups excluding carboxylic acids is 2. The van der Waals surface area contributed by atoms with Crippen LogP contribution in [0.25, 0.3) is 0 Å². The van der Waals surface area contributed by atoms with Crippen molar-refractivity contribution in [2.24, 2.45) is 5.73 Å². The highest BCUT2D eigenvalue weighted by molar-refractivity contribution is 5.92. The van der Waals surface area contributed by atoms with Crippen molar-refractivity contribution in [3.05, 3.63) is 65.5 Å². The lowest BCUT2D eigenvalue weighted by Crippen LogP contribution is -2.50. The molecule has 1 aliphatic rings. The summed E-state index contributed by atoms with van der Waals surface area (Å²) in [7, 11) is 0. The summed E-state index contributed by atoms with van der Waals surface area (Å²) in [6.07, 6.45) is 0.495. The van der Waals surface area contributed by atoms with Gasteiger partial charge in [0, 0.05) is 12.2 Å². The molecule has 24 heavy (non-hydrogen) atoms. The Bertz CT molecular complexity index is 761. The van der Waals surface area contributed by atoms with Gasteiger partial charge in [-0.15, -0.1) is 0 Å². The van der Waals surface area contributed by atoms with Crippen molar-refractivity contribution in [1.82, 2.24) is 4.90 Å². The largest absolute Gasteiger partial charge is 0.368 e. The van der Waals surface area contributed by atoms with E-state index in [0.717, 1.165) is 11.1 Å². The summed E-state index contributed by atoms with van der Waals surface area (Å²) >= 11 is 0. The maximum atomic E-state index is 12.9. The van der Waals surface area contributed by atoms with E-state index in [2.05, 4.69) is 5.32 Å². The van der Waals surface area contributed by atoms with Gasteiger partial charge in [-0.05, 0) is 41.8 Å². The van der Waals surface area contributed by atoms with E-state index in [1.807, 2.05) is 24.3 Å². The van der Waals surface area contributed by atoms with Crippen LogP contribution in [0.15, 0.2) is 48.5 Å². The van der Waals surface area contributed by atoms with Gasteiger partial charge in [-0.25, -0.2) is 4.39 Å². The first-order valence-corrected chi connectivity index (χ1v) is 7.68. The molecule has 0 aliphatic carbocycles. The molecule has 3 rings (SSSR count). The van der Waals surface area contributed by atoms with Gasteiger partial charge in [0.25, 0.3) is 0 Å². The molecule has 1 heterocycles. The standard InChI is InChI=1S/C18H18FN3O2/c19-14-5-7-15(8-6-14)21-17(23)11-22-10-13-4-2-1-3-12(13)9-16(22)18(20)24/h1-8,16H,9-11H2,(H2,20,24)(H,21,23)/t16-/m0/s1. The van der Waals surface area contributed by atoms with Crippen LogP contribution >= 0.6 is 0 Å². The van der Waals surface area contributed by atoms with Crippen LogP contribution in [-0.4, -0.2) is 29.3 Å². The third-order valence-electron chi connectivity index (χ3n) is 4.15. The second kappa shape index (κ2) is 6.80. The van der Waals surface area contributed by atoms with Crippen molar-refractivity contribution in [3.8, 4) is 0 Å². The SMILES string of the molecule is NC(=O)[C@@H]1Cc2ccccc2CN1CC(=O)Nc1ccc(F)cc1. The highest BCUT2D eigenvalue weighted by Gasteiger charge is 2.31. The number of nitrogens with two attached hydrogens (primary N) is 1. The third-order valence-corrected chi connectivity index (χ3v) is 4.15. The fourth-order valence-corrected chi connectivity index (χ4v) is 2.94. The number of nitrogens with zero attached hydrogens (tertiary/aromatic N) is 1. The number of anilines is 1. The highest BCUT2D eigenvalue weighted by atomic mass is 19.1.